The molecule has 0 radical (unpaired) electrons. The molecule has 0 heterocycles. The minimum absolute atomic E-state index is 0.0410. The highest BCUT2D eigenvalue weighted by Gasteiger charge is 2.36. The maximum Gasteiger partial charge on any atom is 0.0994 e. The van der Waals surface area contributed by atoms with Crippen LogP contribution in [0.1, 0.15) is 47.0 Å². The molecular weight excluding hydrogens is 160 g/mol. The Hall–Kier alpha value is -0.530. The highest BCUT2D eigenvalue weighted by atomic mass is 14.9. The van der Waals surface area contributed by atoms with Crippen molar-refractivity contribution in [2.45, 2.75) is 53.0 Å². The Morgan fingerprint density at radius 3 is 2.54 bits per heavy atom. The molecule has 2 unspecified atom stereocenters. The second-order valence-electron chi connectivity index (χ2n) is 5.12. The molecule has 13 heavy (non-hydrogen) atoms. The van der Waals surface area contributed by atoms with Crippen LogP contribution in [0.2, 0.25) is 0 Å². The fraction of sp³-hybridized carbons (Fsp3) is 0.909. The van der Waals surface area contributed by atoms with Gasteiger partial charge in [0.1, 0.15) is 0 Å². The van der Waals surface area contributed by atoms with E-state index in [0.717, 1.165) is 11.8 Å². The summed E-state index contributed by atoms with van der Waals surface area (Å²) in [7, 11) is 0. The maximum absolute atomic E-state index is 5.90. The number of aliphatic imine (C=N–C) groups is 1. The fourth-order valence-corrected chi connectivity index (χ4v) is 1.44. The van der Waals surface area contributed by atoms with Crippen molar-refractivity contribution < 1.29 is 0 Å². The summed E-state index contributed by atoms with van der Waals surface area (Å²) in [5.41, 5.74) is 5.94. The zero-order valence-corrected chi connectivity index (χ0v) is 9.30. The van der Waals surface area contributed by atoms with E-state index < -0.39 is 0 Å². The first-order valence-corrected chi connectivity index (χ1v) is 5.29. The molecule has 0 aliphatic heterocycles. The van der Waals surface area contributed by atoms with Crippen molar-refractivity contribution in [1.82, 2.24) is 0 Å². The van der Waals surface area contributed by atoms with Gasteiger partial charge >= 0.3 is 0 Å². The van der Waals surface area contributed by atoms with E-state index in [9.17, 15) is 0 Å². The summed E-state index contributed by atoms with van der Waals surface area (Å²) in [6.45, 7) is 8.57. The number of nitrogens with two attached hydrogens (primary N) is 1. The first-order valence-electron chi connectivity index (χ1n) is 5.29. The van der Waals surface area contributed by atoms with Gasteiger partial charge in [0, 0.05) is 5.41 Å². The van der Waals surface area contributed by atoms with Crippen LogP contribution in [-0.4, -0.2) is 11.9 Å². The molecule has 0 spiro atoms. The fourth-order valence-electron chi connectivity index (χ4n) is 1.44. The molecule has 1 rings (SSSR count). The van der Waals surface area contributed by atoms with E-state index in [4.69, 9.17) is 5.73 Å². The van der Waals surface area contributed by atoms with Gasteiger partial charge < -0.3 is 5.73 Å². The van der Waals surface area contributed by atoms with Crippen LogP contribution in [0.5, 0.6) is 0 Å². The van der Waals surface area contributed by atoms with E-state index in [1.807, 2.05) is 0 Å². The van der Waals surface area contributed by atoms with Gasteiger partial charge in [-0.1, -0.05) is 34.1 Å². The van der Waals surface area contributed by atoms with Crippen LogP contribution < -0.4 is 5.73 Å². The zero-order chi connectivity index (χ0) is 10.1. The van der Waals surface area contributed by atoms with Crippen molar-refractivity contribution in [3.05, 3.63) is 0 Å². The van der Waals surface area contributed by atoms with Crippen molar-refractivity contribution in [3.8, 4) is 0 Å². The van der Waals surface area contributed by atoms with Crippen LogP contribution in [0.3, 0.4) is 0 Å². The van der Waals surface area contributed by atoms with Gasteiger partial charge in [-0.15, -0.1) is 0 Å². The van der Waals surface area contributed by atoms with E-state index in [1.54, 1.807) is 0 Å². The van der Waals surface area contributed by atoms with Gasteiger partial charge in [0.2, 0.25) is 0 Å². The van der Waals surface area contributed by atoms with Gasteiger partial charge in [0.05, 0.1) is 11.9 Å². The SMILES string of the molecule is CCCC1CC1N=C(N)C(C)(C)C. The molecule has 1 aliphatic carbocycles. The summed E-state index contributed by atoms with van der Waals surface area (Å²) in [5, 5.41) is 0. The van der Waals surface area contributed by atoms with Crippen molar-refractivity contribution >= 4 is 5.84 Å². The molecule has 1 aliphatic rings. The Bertz CT molecular complexity index is 201. The minimum atomic E-state index is 0.0410. The van der Waals surface area contributed by atoms with Crippen LogP contribution in [-0.2, 0) is 0 Å². The third-order valence-corrected chi connectivity index (χ3v) is 2.62. The lowest BCUT2D eigenvalue weighted by Gasteiger charge is -2.17. The quantitative estimate of drug-likeness (QED) is 0.528. The van der Waals surface area contributed by atoms with E-state index in [2.05, 4.69) is 32.7 Å². The van der Waals surface area contributed by atoms with Gasteiger partial charge in [0.15, 0.2) is 0 Å². The molecule has 0 aromatic heterocycles. The Morgan fingerprint density at radius 1 is 1.46 bits per heavy atom. The van der Waals surface area contributed by atoms with Crippen molar-refractivity contribution in [2.75, 3.05) is 0 Å². The molecule has 1 saturated carbocycles. The highest BCUT2D eigenvalue weighted by molar-refractivity contribution is 5.85. The summed E-state index contributed by atoms with van der Waals surface area (Å²) in [4.78, 5) is 4.55. The second-order valence-corrected chi connectivity index (χ2v) is 5.12. The van der Waals surface area contributed by atoms with E-state index in [1.165, 1.54) is 19.3 Å². The van der Waals surface area contributed by atoms with Crippen molar-refractivity contribution in [3.63, 3.8) is 0 Å². The van der Waals surface area contributed by atoms with Gasteiger partial charge in [-0.25, -0.2) is 0 Å². The summed E-state index contributed by atoms with van der Waals surface area (Å²) in [5.74, 6) is 1.64. The molecule has 0 saturated heterocycles. The smallest absolute Gasteiger partial charge is 0.0994 e. The Kier molecular flexibility index (Phi) is 2.99. The minimum Gasteiger partial charge on any atom is -0.387 e. The van der Waals surface area contributed by atoms with E-state index >= 15 is 0 Å². The summed E-state index contributed by atoms with van der Waals surface area (Å²) in [6, 6.07) is 0.541. The Labute approximate surface area is 81.6 Å². The standard InChI is InChI=1S/C11H22N2/c1-5-6-8-7-9(8)13-10(12)11(2,3)4/h8-9H,5-7H2,1-4H3,(H2,12,13). The van der Waals surface area contributed by atoms with Crippen LogP contribution in [0.4, 0.5) is 0 Å². The molecule has 2 heteroatoms. The zero-order valence-electron chi connectivity index (χ0n) is 9.30. The van der Waals surface area contributed by atoms with Gasteiger partial charge in [-0.05, 0) is 18.8 Å². The molecule has 0 aromatic rings. The predicted molar refractivity (Wildman–Crippen MR) is 57.9 cm³/mol. The molecule has 2 nitrogen and oxygen atoms in total. The molecular formula is C11H22N2. The van der Waals surface area contributed by atoms with Gasteiger partial charge in [0.25, 0.3) is 0 Å². The average Bonchev–Trinajstić information content (AvgIpc) is 2.66. The molecule has 2 atom stereocenters. The summed E-state index contributed by atoms with van der Waals surface area (Å²) in [6.07, 6.45) is 3.84. The van der Waals surface area contributed by atoms with Crippen LogP contribution in [0.15, 0.2) is 4.99 Å². The first-order chi connectivity index (χ1) is 5.95. The number of hydrogen-bond acceptors (Lipinski definition) is 1. The maximum atomic E-state index is 5.90. The largest absolute Gasteiger partial charge is 0.387 e. The predicted octanol–water partition coefficient (Wildman–Crippen LogP) is 2.58. The van der Waals surface area contributed by atoms with E-state index in [-0.39, 0.29) is 5.41 Å². The normalized spacial score (nSPS) is 29.1. The lowest BCUT2D eigenvalue weighted by Crippen LogP contribution is -2.29. The third-order valence-electron chi connectivity index (χ3n) is 2.62. The lowest BCUT2D eigenvalue weighted by molar-refractivity contribution is 0.578. The number of hydrogen-bond donors (Lipinski definition) is 1. The topological polar surface area (TPSA) is 38.4 Å². The first kappa shape index (κ1) is 10.6. The summed E-state index contributed by atoms with van der Waals surface area (Å²) >= 11 is 0. The highest BCUT2D eigenvalue weighted by Crippen LogP contribution is 2.38. The molecule has 1 fully saturated rings. The Balaban J connectivity index is 2.41. The number of nitrogens with zero attached hydrogens (tertiary/aromatic N) is 1. The van der Waals surface area contributed by atoms with Crippen LogP contribution in [0.25, 0.3) is 0 Å². The monoisotopic (exact) mass is 182 g/mol. The second kappa shape index (κ2) is 3.69. The van der Waals surface area contributed by atoms with Crippen LogP contribution >= 0.6 is 0 Å². The average molecular weight is 182 g/mol. The molecule has 0 bridgehead atoms. The van der Waals surface area contributed by atoms with Gasteiger partial charge in [-0.3, -0.25) is 4.99 Å². The number of rotatable bonds is 3. The molecule has 76 valence electrons. The number of amidine groups is 1. The molecule has 0 amide bonds. The van der Waals surface area contributed by atoms with E-state index in [0.29, 0.717) is 6.04 Å². The Morgan fingerprint density at radius 2 is 2.08 bits per heavy atom. The molecule has 2 N–H and O–H groups in total. The van der Waals surface area contributed by atoms with Gasteiger partial charge in [-0.2, -0.15) is 0 Å². The van der Waals surface area contributed by atoms with Crippen molar-refractivity contribution in [2.24, 2.45) is 22.1 Å². The lowest BCUT2D eigenvalue weighted by atomic mass is 9.95. The van der Waals surface area contributed by atoms with Crippen molar-refractivity contribution in [1.29, 1.82) is 0 Å². The van der Waals surface area contributed by atoms with Crippen LogP contribution in [0, 0.1) is 11.3 Å². The summed E-state index contributed by atoms with van der Waals surface area (Å²) < 4.78 is 0. The molecule has 0 aromatic carbocycles. The third kappa shape index (κ3) is 3.02.